The standard InChI is InChI=1S/C33H40ClN3O6S/c1-4-29(33(39)35-26-13-9-6-10-14-26)36(22-24-11-7-5-8-12-24)32(38)23-37(27-17-15-25(34)16-18-27)44(40,41)28-19-20-30(42-2)31(21-28)43-3/h5,7-8,11-12,15-21,26,29H,4,6,9-10,13-14,22-23H2,1-3H3,(H,35,39). The van der Waals surface area contributed by atoms with Gasteiger partial charge in [0.25, 0.3) is 10.0 Å². The predicted molar refractivity (Wildman–Crippen MR) is 172 cm³/mol. The average Bonchev–Trinajstić information content (AvgIpc) is 3.04. The predicted octanol–water partition coefficient (Wildman–Crippen LogP) is 5.81. The van der Waals surface area contributed by atoms with Crippen LogP contribution in [-0.4, -0.2) is 58.0 Å². The van der Waals surface area contributed by atoms with Crippen molar-refractivity contribution in [2.75, 3.05) is 25.1 Å². The topological polar surface area (TPSA) is 105 Å². The van der Waals surface area contributed by atoms with Crippen molar-refractivity contribution in [2.24, 2.45) is 0 Å². The summed E-state index contributed by atoms with van der Waals surface area (Å²) in [5, 5.41) is 3.57. The Labute approximate surface area is 265 Å². The number of halogens is 1. The van der Waals surface area contributed by atoms with E-state index in [2.05, 4.69) is 5.32 Å². The van der Waals surface area contributed by atoms with Gasteiger partial charge in [-0.15, -0.1) is 0 Å². The van der Waals surface area contributed by atoms with Crippen molar-refractivity contribution in [3.8, 4) is 11.5 Å². The minimum Gasteiger partial charge on any atom is -0.493 e. The second-order valence-corrected chi connectivity index (χ2v) is 13.1. The maximum atomic E-state index is 14.3. The zero-order valence-corrected chi connectivity index (χ0v) is 26.9. The molecule has 1 unspecified atom stereocenters. The Morgan fingerprint density at radius 2 is 1.59 bits per heavy atom. The number of hydrogen-bond acceptors (Lipinski definition) is 6. The van der Waals surface area contributed by atoms with Gasteiger partial charge in [-0.25, -0.2) is 8.42 Å². The number of amides is 2. The second kappa shape index (κ2) is 15.3. The van der Waals surface area contributed by atoms with E-state index in [-0.39, 0.29) is 34.8 Å². The van der Waals surface area contributed by atoms with E-state index in [9.17, 15) is 18.0 Å². The quantitative estimate of drug-likeness (QED) is 0.253. The Morgan fingerprint density at radius 3 is 2.20 bits per heavy atom. The lowest BCUT2D eigenvalue weighted by molar-refractivity contribution is -0.140. The number of anilines is 1. The van der Waals surface area contributed by atoms with Gasteiger partial charge in [0.05, 0.1) is 24.8 Å². The van der Waals surface area contributed by atoms with Gasteiger partial charge in [0.1, 0.15) is 12.6 Å². The maximum Gasteiger partial charge on any atom is 0.264 e. The maximum absolute atomic E-state index is 14.3. The monoisotopic (exact) mass is 641 g/mol. The van der Waals surface area contributed by atoms with Gasteiger partial charge in [-0.05, 0) is 61.2 Å². The van der Waals surface area contributed by atoms with E-state index in [0.717, 1.165) is 42.0 Å². The van der Waals surface area contributed by atoms with Crippen LogP contribution >= 0.6 is 11.6 Å². The van der Waals surface area contributed by atoms with Crippen LogP contribution < -0.4 is 19.1 Å². The van der Waals surface area contributed by atoms with Gasteiger partial charge in [-0.2, -0.15) is 0 Å². The summed E-state index contributed by atoms with van der Waals surface area (Å²) in [5.41, 5.74) is 1.07. The highest BCUT2D eigenvalue weighted by molar-refractivity contribution is 7.92. The van der Waals surface area contributed by atoms with E-state index >= 15 is 0 Å². The van der Waals surface area contributed by atoms with E-state index in [1.54, 1.807) is 24.3 Å². The molecule has 1 aliphatic rings. The molecule has 44 heavy (non-hydrogen) atoms. The van der Waals surface area contributed by atoms with Crippen LogP contribution in [0.15, 0.2) is 77.7 Å². The SMILES string of the molecule is CCC(C(=O)NC1CCCCC1)N(Cc1ccccc1)C(=O)CN(c1ccc(Cl)cc1)S(=O)(=O)c1ccc(OC)c(OC)c1. The number of ether oxygens (including phenoxy) is 2. The van der Waals surface area contributed by atoms with E-state index in [1.165, 1.54) is 37.3 Å². The van der Waals surface area contributed by atoms with Crippen LogP contribution in [-0.2, 0) is 26.2 Å². The van der Waals surface area contributed by atoms with E-state index in [4.69, 9.17) is 21.1 Å². The lowest BCUT2D eigenvalue weighted by Crippen LogP contribution is -2.54. The Bertz CT molecular complexity index is 1510. The smallest absolute Gasteiger partial charge is 0.264 e. The molecule has 0 radical (unpaired) electrons. The van der Waals surface area contributed by atoms with Crippen LogP contribution in [0.1, 0.15) is 51.0 Å². The van der Waals surface area contributed by atoms with Crippen LogP contribution in [0.5, 0.6) is 11.5 Å². The number of carbonyl (C=O) groups is 2. The minimum atomic E-state index is -4.29. The molecule has 236 valence electrons. The molecule has 1 aliphatic carbocycles. The summed E-state index contributed by atoms with van der Waals surface area (Å²) in [7, 11) is -1.42. The van der Waals surface area contributed by atoms with Crippen LogP contribution in [0, 0.1) is 0 Å². The van der Waals surface area contributed by atoms with Gasteiger partial charge in [-0.1, -0.05) is 68.1 Å². The molecule has 0 bridgehead atoms. The van der Waals surface area contributed by atoms with Crippen molar-refractivity contribution in [1.82, 2.24) is 10.2 Å². The lowest BCUT2D eigenvalue weighted by Gasteiger charge is -2.34. The van der Waals surface area contributed by atoms with Crippen molar-refractivity contribution in [3.63, 3.8) is 0 Å². The second-order valence-electron chi connectivity index (χ2n) is 10.8. The normalized spacial score (nSPS) is 14.4. The highest BCUT2D eigenvalue weighted by atomic mass is 35.5. The molecule has 4 rings (SSSR count). The van der Waals surface area contributed by atoms with Crippen molar-refractivity contribution in [2.45, 2.75) is 69.0 Å². The Hall–Kier alpha value is -3.76. The molecule has 1 fully saturated rings. The van der Waals surface area contributed by atoms with Gasteiger partial charge in [-0.3, -0.25) is 13.9 Å². The summed E-state index contributed by atoms with van der Waals surface area (Å²) in [5.74, 6) is -0.153. The van der Waals surface area contributed by atoms with Gasteiger partial charge >= 0.3 is 0 Å². The van der Waals surface area contributed by atoms with Crippen LogP contribution in [0.2, 0.25) is 5.02 Å². The van der Waals surface area contributed by atoms with Crippen molar-refractivity contribution in [1.29, 1.82) is 0 Å². The number of methoxy groups -OCH3 is 2. The number of hydrogen-bond donors (Lipinski definition) is 1. The zero-order chi connectivity index (χ0) is 31.7. The molecule has 11 heteroatoms. The van der Waals surface area contributed by atoms with Crippen LogP contribution in [0.3, 0.4) is 0 Å². The molecule has 1 saturated carbocycles. The van der Waals surface area contributed by atoms with Crippen LogP contribution in [0.4, 0.5) is 5.69 Å². The molecular weight excluding hydrogens is 602 g/mol. The number of benzene rings is 3. The summed E-state index contributed by atoms with van der Waals surface area (Å²) >= 11 is 6.12. The first-order valence-corrected chi connectivity index (χ1v) is 16.6. The number of carbonyl (C=O) groups excluding carboxylic acids is 2. The Morgan fingerprint density at radius 1 is 0.932 bits per heavy atom. The molecule has 0 aromatic heterocycles. The van der Waals surface area contributed by atoms with Gasteiger partial charge < -0.3 is 19.7 Å². The molecule has 0 aliphatic heterocycles. The third kappa shape index (κ3) is 8.04. The van der Waals surface area contributed by atoms with Crippen molar-refractivity contribution < 1.29 is 27.5 Å². The number of nitrogens with one attached hydrogen (secondary N) is 1. The highest BCUT2D eigenvalue weighted by Gasteiger charge is 2.34. The third-order valence-electron chi connectivity index (χ3n) is 7.87. The number of nitrogens with zero attached hydrogens (tertiary/aromatic N) is 2. The molecule has 2 amide bonds. The first kappa shape index (κ1) is 33.1. The lowest BCUT2D eigenvalue weighted by atomic mass is 9.95. The van der Waals surface area contributed by atoms with Gasteiger partial charge in [0.2, 0.25) is 11.8 Å². The van der Waals surface area contributed by atoms with Gasteiger partial charge in [0, 0.05) is 23.7 Å². The average molecular weight is 642 g/mol. The Kier molecular flexibility index (Phi) is 11.5. The van der Waals surface area contributed by atoms with E-state index in [1.807, 2.05) is 37.3 Å². The Balaban J connectivity index is 1.72. The minimum absolute atomic E-state index is 0.0648. The molecule has 1 atom stereocenters. The molecule has 0 heterocycles. The summed E-state index contributed by atoms with van der Waals surface area (Å²) in [6.45, 7) is 1.45. The molecule has 9 nitrogen and oxygen atoms in total. The largest absolute Gasteiger partial charge is 0.493 e. The van der Waals surface area contributed by atoms with Crippen LogP contribution in [0.25, 0.3) is 0 Å². The third-order valence-corrected chi connectivity index (χ3v) is 9.89. The molecule has 1 N–H and O–H groups in total. The highest BCUT2D eigenvalue weighted by Crippen LogP contribution is 2.33. The molecule has 0 spiro atoms. The summed E-state index contributed by atoms with van der Waals surface area (Å²) < 4.78 is 40.0. The molecular formula is C33H40ClN3O6S. The summed E-state index contributed by atoms with van der Waals surface area (Å²) in [6.07, 6.45) is 5.43. The number of sulfonamides is 1. The summed E-state index contributed by atoms with van der Waals surface area (Å²) in [4.78, 5) is 29.3. The fourth-order valence-corrected chi connectivity index (χ4v) is 7.04. The van der Waals surface area contributed by atoms with Crippen molar-refractivity contribution >= 4 is 39.1 Å². The number of rotatable bonds is 13. The molecule has 3 aromatic rings. The van der Waals surface area contributed by atoms with Gasteiger partial charge in [0.15, 0.2) is 11.5 Å². The van der Waals surface area contributed by atoms with E-state index < -0.39 is 28.5 Å². The first-order chi connectivity index (χ1) is 21.2. The fraction of sp³-hybridized carbons (Fsp3) is 0.394. The summed E-state index contributed by atoms with van der Waals surface area (Å²) in [6, 6.07) is 19.1. The van der Waals surface area contributed by atoms with E-state index in [0.29, 0.717) is 17.2 Å². The molecule has 0 saturated heterocycles. The first-order valence-electron chi connectivity index (χ1n) is 14.8. The van der Waals surface area contributed by atoms with Crippen molar-refractivity contribution in [3.05, 3.63) is 83.4 Å². The fourth-order valence-electron chi connectivity index (χ4n) is 5.48. The zero-order valence-electron chi connectivity index (χ0n) is 25.4. The molecule has 3 aromatic carbocycles.